The number of hydrogen-bond acceptors (Lipinski definition) is 4. The summed E-state index contributed by atoms with van der Waals surface area (Å²) in [7, 11) is 0. The molecule has 1 aromatic heterocycles. The molecule has 1 N–H and O–H groups in total. The molecule has 1 aromatic carbocycles. The number of rotatable bonds is 5. The first-order chi connectivity index (χ1) is 11.1. The highest BCUT2D eigenvalue weighted by molar-refractivity contribution is 5.28. The van der Waals surface area contributed by atoms with Crippen molar-refractivity contribution in [1.82, 2.24) is 9.80 Å². The van der Waals surface area contributed by atoms with Crippen molar-refractivity contribution in [3.8, 4) is 0 Å². The standard InChI is InChI=1S/C18H23FN2O2/c1-14-11-15(19)4-5-17(14)18(22)13-21-8-6-20(7-9-21)12-16-3-2-10-23-16/h2-5,10-11,18,22H,6-9,12-13H2,1H3. The van der Waals surface area contributed by atoms with Crippen LogP contribution in [0.5, 0.6) is 0 Å². The van der Waals surface area contributed by atoms with E-state index in [1.54, 1.807) is 12.3 Å². The van der Waals surface area contributed by atoms with Gasteiger partial charge in [0, 0.05) is 32.7 Å². The van der Waals surface area contributed by atoms with Gasteiger partial charge in [-0.2, -0.15) is 0 Å². The Hall–Kier alpha value is -1.69. The van der Waals surface area contributed by atoms with E-state index in [2.05, 4.69) is 9.80 Å². The van der Waals surface area contributed by atoms with Crippen LogP contribution in [0.25, 0.3) is 0 Å². The minimum atomic E-state index is -0.577. The Morgan fingerprint density at radius 1 is 1.17 bits per heavy atom. The van der Waals surface area contributed by atoms with Crippen LogP contribution >= 0.6 is 0 Å². The molecule has 2 heterocycles. The third kappa shape index (κ3) is 4.19. The van der Waals surface area contributed by atoms with Crippen LogP contribution in [0.1, 0.15) is 23.0 Å². The quantitative estimate of drug-likeness (QED) is 0.920. The third-order valence-corrected chi connectivity index (χ3v) is 4.45. The van der Waals surface area contributed by atoms with Crippen molar-refractivity contribution in [2.45, 2.75) is 19.6 Å². The lowest BCUT2D eigenvalue weighted by Gasteiger charge is -2.35. The van der Waals surface area contributed by atoms with Crippen molar-refractivity contribution in [2.75, 3.05) is 32.7 Å². The number of aliphatic hydroxyl groups is 1. The second kappa shape index (κ2) is 7.25. The van der Waals surface area contributed by atoms with Crippen LogP contribution in [0.3, 0.4) is 0 Å². The van der Waals surface area contributed by atoms with Gasteiger partial charge >= 0.3 is 0 Å². The summed E-state index contributed by atoms with van der Waals surface area (Å²) in [6.07, 6.45) is 1.12. The molecule has 1 saturated heterocycles. The number of hydrogen-bond donors (Lipinski definition) is 1. The van der Waals surface area contributed by atoms with Gasteiger partial charge in [0.15, 0.2) is 0 Å². The second-order valence-electron chi connectivity index (χ2n) is 6.17. The number of furan rings is 1. The fourth-order valence-corrected chi connectivity index (χ4v) is 3.11. The monoisotopic (exact) mass is 318 g/mol. The number of benzene rings is 1. The van der Waals surface area contributed by atoms with Crippen molar-refractivity contribution < 1.29 is 13.9 Å². The maximum atomic E-state index is 13.2. The molecule has 0 radical (unpaired) electrons. The molecule has 1 unspecified atom stereocenters. The van der Waals surface area contributed by atoms with Gasteiger partial charge in [0.05, 0.1) is 18.9 Å². The number of β-amino-alcohol motifs (C(OH)–C–C–N with tert-alkyl or cyclic N) is 1. The fourth-order valence-electron chi connectivity index (χ4n) is 3.11. The minimum absolute atomic E-state index is 0.259. The molecule has 5 heteroatoms. The lowest BCUT2D eigenvalue weighted by molar-refractivity contribution is 0.0675. The van der Waals surface area contributed by atoms with Crippen LogP contribution in [-0.4, -0.2) is 47.6 Å². The summed E-state index contributed by atoms with van der Waals surface area (Å²) in [6.45, 7) is 6.99. The summed E-state index contributed by atoms with van der Waals surface area (Å²) >= 11 is 0. The Kier molecular flexibility index (Phi) is 5.10. The van der Waals surface area contributed by atoms with E-state index in [9.17, 15) is 9.50 Å². The predicted molar refractivity (Wildman–Crippen MR) is 86.5 cm³/mol. The molecule has 1 atom stereocenters. The SMILES string of the molecule is Cc1cc(F)ccc1C(O)CN1CCN(Cc2ccco2)CC1. The number of aryl methyl sites for hydroxylation is 1. The summed E-state index contributed by atoms with van der Waals surface area (Å²) in [4.78, 5) is 4.61. The van der Waals surface area contributed by atoms with Gasteiger partial charge in [-0.15, -0.1) is 0 Å². The molecular weight excluding hydrogens is 295 g/mol. The number of nitrogens with zero attached hydrogens (tertiary/aromatic N) is 2. The zero-order chi connectivity index (χ0) is 16.2. The summed E-state index contributed by atoms with van der Waals surface area (Å²) in [5, 5.41) is 10.4. The van der Waals surface area contributed by atoms with Crippen molar-refractivity contribution in [1.29, 1.82) is 0 Å². The van der Waals surface area contributed by atoms with Gasteiger partial charge in [-0.05, 0) is 42.3 Å². The van der Waals surface area contributed by atoms with E-state index < -0.39 is 6.10 Å². The predicted octanol–water partition coefficient (Wildman–Crippen LogP) is 2.58. The molecule has 1 aliphatic rings. The van der Waals surface area contributed by atoms with E-state index in [-0.39, 0.29) is 5.82 Å². The van der Waals surface area contributed by atoms with Gasteiger partial charge in [-0.3, -0.25) is 9.80 Å². The van der Waals surface area contributed by atoms with E-state index in [1.807, 2.05) is 19.1 Å². The van der Waals surface area contributed by atoms with Crippen LogP contribution in [0.4, 0.5) is 4.39 Å². The van der Waals surface area contributed by atoms with Crippen molar-refractivity contribution in [3.05, 3.63) is 59.3 Å². The first-order valence-electron chi connectivity index (χ1n) is 8.03. The lowest BCUT2D eigenvalue weighted by atomic mass is 10.0. The van der Waals surface area contributed by atoms with Crippen LogP contribution in [-0.2, 0) is 6.54 Å². The summed E-state index contributed by atoms with van der Waals surface area (Å²) < 4.78 is 18.5. The molecule has 124 valence electrons. The Bertz CT molecular complexity index is 622. The van der Waals surface area contributed by atoms with Crippen molar-refractivity contribution in [2.24, 2.45) is 0 Å². The van der Waals surface area contributed by atoms with Gasteiger partial charge in [0.2, 0.25) is 0 Å². The van der Waals surface area contributed by atoms with E-state index in [0.29, 0.717) is 6.54 Å². The average molecular weight is 318 g/mol. The van der Waals surface area contributed by atoms with E-state index in [0.717, 1.165) is 49.6 Å². The molecule has 1 aliphatic heterocycles. The molecule has 0 bridgehead atoms. The van der Waals surface area contributed by atoms with Crippen LogP contribution in [0, 0.1) is 12.7 Å². The normalized spacial score (nSPS) is 18.2. The average Bonchev–Trinajstić information content (AvgIpc) is 3.02. The van der Waals surface area contributed by atoms with Gasteiger partial charge in [-0.25, -0.2) is 4.39 Å². The van der Waals surface area contributed by atoms with Gasteiger partial charge in [0.25, 0.3) is 0 Å². The molecule has 0 spiro atoms. The van der Waals surface area contributed by atoms with Crippen LogP contribution < -0.4 is 0 Å². The maximum absolute atomic E-state index is 13.2. The summed E-state index contributed by atoms with van der Waals surface area (Å²) in [5.74, 6) is 0.727. The molecule has 0 aliphatic carbocycles. The first-order valence-corrected chi connectivity index (χ1v) is 8.03. The molecular formula is C18H23FN2O2. The molecule has 2 aromatic rings. The van der Waals surface area contributed by atoms with Gasteiger partial charge in [0.1, 0.15) is 11.6 Å². The topological polar surface area (TPSA) is 39.9 Å². The van der Waals surface area contributed by atoms with Crippen molar-refractivity contribution >= 4 is 0 Å². The van der Waals surface area contributed by atoms with Crippen LogP contribution in [0.2, 0.25) is 0 Å². The largest absolute Gasteiger partial charge is 0.468 e. The molecule has 0 amide bonds. The zero-order valence-electron chi connectivity index (χ0n) is 13.4. The highest BCUT2D eigenvalue weighted by Gasteiger charge is 2.21. The second-order valence-corrected chi connectivity index (χ2v) is 6.17. The Morgan fingerprint density at radius 3 is 2.57 bits per heavy atom. The number of aliphatic hydroxyl groups excluding tert-OH is 1. The Labute approximate surface area is 136 Å². The molecule has 0 saturated carbocycles. The van der Waals surface area contributed by atoms with Crippen LogP contribution in [0.15, 0.2) is 41.0 Å². The summed E-state index contributed by atoms with van der Waals surface area (Å²) in [5.41, 5.74) is 1.61. The minimum Gasteiger partial charge on any atom is -0.468 e. The van der Waals surface area contributed by atoms with E-state index >= 15 is 0 Å². The third-order valence-electron chi connectivity index (χ3n) is 4.45. The van der Waals surface area contributed by atoms with Gasteiger partial charge in [-0.1, -0.05) is 6.07 Å². The fraction of sp³-hybridized carbons (Fsp3) is 0.444. The van der Waals surface area contributed by atoms with Gasteiger partial charge < -0.3 is 9.52 Å². The zero-order valence-corrected chi connectivity index (χ0v) is 13.4. The highest BCUT2D eigenvalue weighted by atomic mass is 19.1. The molecule has 1 fully saturated rings. The molecule has 23 heavy (non-hydrogen) atoms. The summed E-state index contributed by atoms with van der Waals surface area (Å²) in [6, 6.07) is 8.47. The number of piperazine rings is 1. The lowest BCUT2D eigenvalue weighted by Crippen LogP contribution is -2.47. The Morgan fingerprint density at radius 2 is 1.91 bits per heavy atom. The van der Waals surface area contributed by atoms with Crippen molar-refractivity contribution in [3.63, 3.8) is 0 Å². The Balaban J connectivity index is 1.50. The van der Waals surface area contributed by atoms with E-state index in [4.69, 9.17) is 4.42 Å². The molecule has 4 nitrogen and oxygen atoms in total. The first kappa shape index (κ1) is 16.2. The maximum Gasteiger partial charge on any atom is 0.123 e. The van der Waals surface area contributed by atoms with E-state index in [1.165, 1.54) is 12.1 Å². The number of halogens is 1. The molecule has 3 rings (SSSR count). The smallest absolute Gasteiger partial charge is 0.123 e. The highest BCUT2D eigenvalue weighted by Crippen LogP contribution is 2.20.